The van der Waals surface area contributed by atoms with E-state index in [-0.39, 0.29) is 10.9 Å². The molecule has 0 aromatic heterocycles. The van der Waals surface area contributed by atoms with Crippen molar-refractivity contribution in [2.75, 3.05) is 26.9 Å². The number of hydrogen-bond acceptors (Lipinski definition) is 5. The molecule has 0 saturated carbocycles. The average Bonchev–Trinajstić information content (AvgIpc) is 2.39. The number of hydrogen-bond donors (Lipinski definition) is 2. The lowest BCUT2D eigenvalue weighted by atomic mass is 10.3. The number of rotatable bonds is 9. The Hall–Kier alpha value is -1.15. The first-order valence-corrected chi connectivity index (χ1v) is 7.91. The van der Waals surface area contributed by atoms with Gasteiger partial charge in [0.05, 0.1) is 11.5 Å². The molecule has 0 aliphatic heterocycles. The van der Waals surface area contributed by atoms with Gasteiger partial charge in [0, 0.05) is 19.7 Å². The van der Waals surface area contributed by atoms with Crippen molar-refractivity contribution in [3.8, 4) is 5.75 Å². The van der Waals surface area contributed by atoms with Crippen LogP contribution in [0, 0.1) is 0 Å². The van der Waals surface area contributed by atoms with Gasteiger partial charge in [-0.05, 0) is 37.6 Å². The number of ether oxygens (including phenoxy) is 2. The van der Waals surface area contributed by atoms with E-state index in [0.717, 1.165) is 0 Å². The summed E-state index contributed by atoms with van der Waals surface area (Å²) in [4.78, 5) is 0.210. The summed E-state index contributed by atoms with van der Waals surface area (Å²) in [6.45, 7) is 3.07. The van der Waals surface area contributed by atoms with Crippen LogP contribution in [0.15, 0.2) is 29.2 Å². The highest BCUT2D eigenvalue weighted by Gasteiger charge is 2.13. The minimum Gasteiger partial charge on any atom is -0.491 e. The largest absolute Gasteiger partial charge is 0.491 e. The van der Waals surface area contributed by atoms with Gasteiger partial charge in [0.25, 0.3) is 0 Å². The molecule has 6 nitrogen and oxygen atoms in total. The lowest BCUT2D eigenvalue weighted by molar-refractivity contribution is 0.146. The molecule has 20 heavy (non-hydrogen) atoms. The van der Waals surface area contributed by atoms with E-state index in [1.54, 1.807) is 19.2 Å². The van der Waals surface area contributed by atoms with E-state index < -0.39 is 10.0 Å². The number of nitrogens with two attached hydrogens (primary N) is 1. The molecule has 0 heterocycles. The SMILES string of the molecule is COCCOc1ccc(S(=O)(=O)NCCC(C)N)cc1. The second-order valence-electron chi connectivity index (χ2n) is 4.48. The minimum absolute atomic E-state index is 0.0331. The van der Waals surface area contributed by atoms with Crippen LogP contribution < -0.4 is 15.2 Å². The fourth-order valence-corrected chi connectivity index (χ4v) is 2.51. The first-order chi connectivity index (χ1) is 9.45. The standard InChI is InChI=1S/C13H22N2O4S/c1-11(14)7-8-15-20(16,17)13-5-3-12(4-6-13)19-10-9-18-2/h3-6,11,15H,7-10,14H2,1-2H3. The van der Waals surface area contributed by atoms with Crippen LogP contribution in [-0.2, 0) is 14.8 Å². The summed E-state index contributed by atoms with van der Waals surface area (Å²) in [5.41, 5.74) is 5.58. The molecular weight excluding hydrogens is 280 g/mol. The molecule has 0 saturated heterocycles. The molecule has 1 aromatic carbocycles. The van der Waals surface area contributed by atoms with Crippen LogP contribution in [0.4, 0.5) is 0 Å². The van der Waals surface area contributed by atoms with Crippen LogP contribution >= 0.6 is 0 Å². The van der Waals surface area contributed by atoms with E-state index in [1.807, 2.05) is 6.92 Å². The van der Waals surface area contributed by atoms with Gasteiger partial charge in [0.1, 0.15) is 12.4 Å². The van der Waals surface area contributed by atoms with Crippen LogP contribution in [0.5, 0.6) is 5.75 Å². The molecule has 3 N–H and O–H groups in total. The van der Waals surface area contributed by atoms with Gasteiger partial charge in [0.15, 0.2) is 0 Å². The molecule has 1 atom stereocenters. The highest BCUT2D eigenvalue weighted by Crippen LogP contribution is 2.15. The zero-order valence-electron chi connectivity index (χ0n) is 11.8. The van der Waals surface area contributed by atoms with Gasteiger partial charge in [-0.1, -0.05) is 0 Å². The Kier molecular flexibility index (Phi) is 6.94. The summed E-state index contributed by atoms with van der Waals surface area (Å²) in [6, 6.07) is 6.23. The van der Waals surface area contributed by atoms with Gasteiger partial charge in [-0.3, -0.25) is 0 Å². The summed E-state index contributed by atoms with van der Waals surface area (Å²) >= 11 is 0. The number of benzene rings is 1. The molecule has 0 radical (unpaired) electrons. The molecule has 114 valence electrons. The van der Waals surface area contributed by atoms with E-state index in [1.165, 1.54) is 12.1 Å². The lowest BCUT2D eigenvalue weighted by Gasteiger charge is -2.09. The van der Waals surface area contributed by atoms with Crippen LogP contribution in [0.2, 0.25) is 0 Å². The molecular formula is C13H22N2O4S. The van der Waals surface area contributed by atoms with E-state index in [0.29, 0.717) is 31.9 Å². The molecule has 0 aliphatic carbocycles. The van der Waals surface area contributed by atoms with Gasteiger partial charge in [-0.25, -0.2) is 13.1 Å². The van der Waals surface area contributed by atoms with Crippen LogP contribution in [0.25, 0.3) is 0 Å². The smallest absolute Gasteiger partial charge is 0.240 e. The Labute approximate surface area is 120 Å². The monoisotopic (exact) mass is 302 g/mol. The maximum Gasteiger partial charge on any atom is 0.240 e. The number of sulfonamides is 1. The van der Waals surface area contributed by atoms with Crippen molar-refractivity contribution in [1.82, 2.24) is 4.72 Å². The van der Waals surface area contributed by atoms with Gasteiger partial charge in [-0.2, -0.15) is 0 Å². The number of nitrogens with one attached hydrogen (secondary N) is 1. The van der Waals surface area contributed by atoms with Crippen molar-refractivity contribution in [3.63, 3.8) is 0 Å². The predicted octanol–water partition coefficient (Wildman–Crippen LogP) is 0.727. The Bertz CT molecular complexity index is 486. The van der Waals surface area contributed by atoms with E-state index in [4.69, 9.17) is 15.2 Å². The lowest BCUT2D eigenvalue weighted by Crippen LogP contribution is -2.29. The van der Waals surface area contributed by atoms with E-state index in [2.05, 4.69) is 4.72 Å². The Morgan fingerprint density at radius 1 is 1.25 bits per heavy atom. The van der Waals surface area contributed by atoms with Crippen molar-refractivity contribution in [2.24, 2.45) is 5.73 Å². The van der Waals surface area contributed by atoms with Crippen molar-refractivity contribution in [3.05, 3.63) is 24.3 Å². The normalized spacial score (nSPS) is 13.2. The minimum atomic E-state index is -3.48. The average molecular weight is 302 g/mol. The highest BCUT2D eigenvalue weighted by molar-refractivity contribution is 7.89. The fraction of sp³-hybridized carbons (Fsp3) is 0.538. The summed E-state index contributed by atoms with van der Waals surface area (Å²) in [7, 11) is -1.89. The van der Waals surface area contributed by atoms with Crippen molar-refractivity contribution < 1.29 is 17.9 Å². The van der Waals surface area contributed by atoms with Gasteiger partial charge in [-0.15, -0.1) is 0 Å². The fourth-order valence-electron chi connectivity index (χ4n) is 1.46. The molecule has 0 bridgehead atoms. The highest BCUT2D eigenvalue weighted by atomic mass is 32.2. The van der Waals surface area contributed by atoms with Crippen molar-refractivity contribution in [2.45, 2.75) is 24.3 Å². The van der Waals surface area contributed by atoms with Crippen molar-refractivity contribution >= 4 is 10.0 Å². The Balaban J connectivity index is 2.57. The van der Waals surface area contributed by atoms with Crippen LogP contribution in [0.3, 0.4) is 0 Å². The summed E-state index contributed by atoms with van der Waals surface area (Å²) < 4.78 is 36.7. The van der Waals surface area contributed by atoms with Crippen LogP contribution in [-0.4, -0.2) is 41.3 Å². The Morgan fingerprint density at radius 2 is 1.90 bits per heavy atom. The zero-order chi connectivity index (χ0) is 15.0. The van der Waals surface area contributed by atoms with Gasteiger partial charge >= 0.3 is 0 Å². The maximum absolute atomic E-state index is 12.0. The maximum atomic E-state index is 12.0. The third-order valence-electron chi connectivity index (χ3n) is 2.58. The molecule has 1 aromatic rings. The summed E-state index contributed by atoms with van der Waals surface area (Å²) in [5.74, 6) is 0.608. The first-order valence-electron chi connectivity index (χ1n) is 6.43. The van der Waals surface area contributed by atoms with Crippen molar-refractivity contribution in [1.29, 1.82) is 0 Å². The quantitative estimate of drug-likeness (QED) is 0.656. The third kappa shape index (κ3) is 5.87. The third-order valence-corrected chi connectivity index (χ3v) is 4.06. The zero-order valence-corrected chi connectivity index (χ0v) is 12.7. The molecule has 1 unspecified atom stereocenters. The van der Waals surface area contributed by atoms with E-state index in [9.17, 15) is 8.42 Å². The molecule has 0 amide bonds. The van der Waals surface area contributed by atoms with Crippen LogP contribution in [0.1, 0.15) is 13.3 Å². The molecule has 0 fully saturated rings. The van der Waals surface area contributed by atoms with Gasteiger partial charge in [0.2, 0.25) is 10.0 Å². The molecule has 0 spiro atoms. The predicted molar refractivity (Wildman–Crippen MR) is 77.3 cm³/mol. The molecule has 7 heteroatoms. The second-order valence-corrected chi connectivity index (χ2v) is 6.24. The second kappa shape index (κ2) is 8.21. The molecule has 1 rings (SSSR count). The van der Waals surface area contributed by atoms with Gasteiger partial charge < -0.3 is 15.2 Å². The summed E-state index contributed by atoms with van der Waals surface area (Å²) in [6.07, 6.45) is 0.595. The Morgan fingerprint density at radius 3 is 2.45 bits per heavy atom. The summed E-state index contributed by atoms with van der Waals surface area (Å²) in [5, 5.41) is 0. The first kappa shape index (κ1) is 16.9. The topological polar surface area (TPSA) is 90.6 Å². The molecule has 0 aliphatic rings. The number of methoxy groups -OCH3 is 1. The van der Waals surface area contributed by atoms with E-state index >= 15 is 0 Å².